The van der Waals surface area contributed by atoms with Crippen LogP contribution >= 0.6 is 0 Å². The van der Waals surface area contributed by atoms with Crippen LogP contribution < -0.4 is 4.74 Å². The highest BCUT2D eigenvalue weighted by Crippen LogP contribution is 2.20. The van der Waals surface area contributed by atoms with Gasteiger partial charge in [-0.05, 0) is 56.9 Å². The van der Waals surface area contributed by atoms with Crippen LogP contribution in [-0.4, -0.2) is 43.7 Å². The lowest BCUT2D eigenvalue weighted by molar-refractivity contribution is 0.0551. The Morgan fingerprint density at radius 1 is 1.14 bits per heavy atom. The molecule has 1 fully saturated rings. The maximum atomic E-state index is 12.4. The van der Waals surface area contributed by atoms with E-state index in [4.69, 9.17) is 9.47 Å². The molecule has 1 aliphatic rings. The number of carbonyl (C=O) groups is 1. The predicted molar refractivity (Wildman–Crippen MR) is 82.7 cm³/mol. The number of likely N-dealkylation sites (tertiary alicyclic amines) is 1. The zero-order valence-corrected chi connectivity index (χ0v) is 13.0. The number of nitrogens with zero attached hydrogens (tertiary/aromatic N) is 1. The molecule has 0 aliphatic carbocycles. The number of amides is 1. The Morgan fingerprint density at radius 2 is 1.81 bits per heavy atom. The highest BCUT2D eigenvalue weighted by molar-refractivity contribution is 5.94. The van der Waals surface area contributed by atoms with Gasteiger partial charge in [-0.3, -0.25) is 4.79 Å². The van der Waals surface area contributed by atoms with Crippen molar-refractivity contribution in [2.45, 2.75) is 26.7 Å². The molecule has 0 bridgehead atoms. The van der Waals surface area contributed by atoms with Gasteiger partial charge in [0.1, 0.15) is 5.75 Å². The van der Waals surface area contributed by atoms with Crippen molar-refractivity contribution >= 4 is 5.91 Å². The zero-order valence-electron chi connectivity index (χ0n) is 13.0. The Bertz CT molecular complexity index is 436. The van der Waals surface area contributed by atoms with Crippen LogP contribution in [0.15, 0.2) is 24.3 Å². The number of ether oxygens (including phenoxy) is 2. The highest BCUT2D eigenvalue weighted by atomic mass is 16.5. The number of hydrogen-bond donors (Lipinski definition) is 0. The molecule has 4 heteroatoms. The maximum Gasteiger partial charge on any atom is 0.253 e. The third-order valence-corrected chi connectivity index (χ3v) is 3.87. The van der Waals surface area contributed by atoms with Crippen LogP contribution in [0.25, 0.3) is 0 Å². The quantitative estimate of drug-likeness (QED) is 0.809. The Kier molecular flexibility index (Phi) is 6.05. The molecule has 0 radical (unpaired) electrons. The maximum absolute atomic E-state index is 12.4. The van der Waals surface area contributed by atoms with E-state index in [2.05, 4.69) is 0 Å². The number of hydrogen-bond acceptors (Lipinski definition) is 3. The molecule has 0 aromatic heterocycles. The Hall–Kier alpha value is -1.55. The molecule has 1 heterocycles. The van der Waals surface area contributed by atoms with Crippen LogP contribution in [0.3, 0.4) is 0 Å². The van der Waals surface area contributed by atoms with Gasteiger partial charge in [0, 0.05) is 31.9 Å². The van der Waals surface area contributed by atoms with E-state index in [-0.39, 0.29) is 5.91 Å². The van der Waals surface area contributed by atoms with Crippen molar-refractivity contribution in [3.63, 3.8) is 0 Å². The molecule has 0 unspecified atom stereocenters. The standard InChI is InChI=1S/C17H25NO3/c1-3-20-13-14-9-11-18(12-10-14)17(19)15-5-7-16(8-6-15)21-4-2/h5-8,14H,3-4,9-13H2,1-2H3. The highest BCUT2D eigenvalue weighted by Gasteiger charge is 2.23. The van der Waals surface area contributed by atoms with Crippen LogP contribution in [0.1, 0.15) is 37.0 Å². The molecule has 1 amide bonds. The fourth-order valence-electron chi connectivity index (χ4n) is 2.63. The van der Waals surface area contributed by atoms with Crippen molar-refractivity contribution in [2.24, 2.45) is 5.92 Å². The molecule has 0 N–H and O–H groups in total. The van der Waals surface area contributed by atoms with Gasteiger partial charge in [-0.25, -0.2) is 0 Å². The first-order chi connectivity index (χ1) is 10.2. The van der Waals surface area contributed by atoms with Crippen molar-refractivity contribution in [1.29, 1.82) is 0 Å². The SMILES string of the molecule is CCOCC1CCN(C(=O)c2ccc(OCC)cc2)CC1. The summed E-state index contributed by atoms with van der Waals surface area (Å²) in [4.78, 5) is 14.4. The number of carbonyl (C=O) groups excluding carboxylic acids is 1. The van der Waals surface area contributed by atoms with Crippen LogP contribution in [0.4, 0.5) is 0 Å². The molecular weight excluding hydrogens is 266 g/mol. The molecule has 4 nitrogen and oxygen atoms in total. The lowest BCUT2D eigenvalue weighted by Gasteiger charge is -2.32. The molecule has 1 aromatic rings. The fraction of sp³-hybridized carbons (Fsp3) is 0.588. The second kappa shape index (κ2) is 8.03. The summed E-state index contributed by atoms with van der Waals surface area (Å²) in [5.41, 5.74) is 0.738. The summed E-state index contributed by atoms with van der Waals surface area (Å²) in [6, 6.07) is 7.41. The van der Waals surface area contributed by atoms with Gasteiger partial charge >= 0.3 is 0 Å². The lowest BCUT2D eigenvalue weighted by atomic mass is 9.97. The molecule has 21 heavy (non-hydrogen) atoms. The summed E-state index contributed by atoms with van der Waals surface area (Å²) in [5.74, 6) is 1.52. The largest absolute Gasteiger partial charge is 0.494 e. The average molecular weight is 291 g/mol. The Labute approximate surface area is 127 Å². The van der Waals surface area contributed by atoms with Crippen LogP contribution in [0, 0.1) is 5.92 Å². The molecule has 0 saturated carbocycles. The van der Waals surface area contributed by atoms with E-state index >= 15 is 0 Å². The minimum atomic E-state index is 0.118. The predicted octanol–water partition coefficient (Wildman–Crippen LogP) is 2.97. The molecule has 1 aliphatic heterocycles. The van der Waals surface area contributed by atoms with E-state index in [1.807, 2.05) is 43.0 Å². The third kappa shape index (κ3) is 4.46. The van der Waals surface area contributed by atoms with Gasteiger partial charge in [0.25, 0.3) is 5.91 Å². The molecule has 116 valence electrons. The van der Waals surface area contributed by atoms with E-state index in [0.29, 0.717) is 12.5 Å². The van der Waals surface area contributed by atoms with E-state index < -0.39 is 0 Å². The number of benzene rings is 1. The summed E-state index contributed by atoms with van der Waals surface area (Å²) in [7, 11) is 0. The van der Waals surface area contributed by atoms with Gasteiger partial charge in [0.15, 0.2) is 0 Å². The van der Waals surface area contributed by atoms with Crippen LogP contribution in [-0.2, 0) is 4.74 Å². The van der Waals surface area contributed by atoms with E-state index in [0.717, 1.165) is 50.5 Å². The van der Waals surface area contributed by atoms with Gasteiger partial charge in [-0.15, -0.1) is 0 Å². The van der Waals surface area contributed by atoms with Gasteiger partial charge in [-0.1, -0.05) is 0 Å². The summed E-state index contributed by atoms with van der Waals surface area (Å²) in [6.45, 7) is 7.84. The smallest absolute Gasteiger partial charge is 0.253 e. The normalized spacial score (nSPS) is 16.0. The lowest BCUT2D eigenvalue weighted by Crippen LogP contribution is -2.39. The van der Waals surface area contributed by atoms with Crippen molar-refractivity contribution in [3.8, 4) is 5.75 Å². The van der Waals surface area contributed by atoms with Gasteiger partial charge < -0.3 is 14.4 Å². The summed E-state index contributed by atoms with van der Waals surface area (Å²) in [6.07, 6.45) is 2.06. The molecule has 1 aromatic carbocycles. The third-order valence-electron chi connectivity index (χ3n) is 3.87. The van der Waals surface area contributed by atoms with Crippen molar-refractivity contribution in [3.05, 3.63) is 29.8 Å². The van der Waals surface area contributed by atoms with Crippen LogP contribution in [0.5, 0.6) is 5.75 Å². The summed E-state index contributed by atoms with van der Waals surface area (Å²) in [5, 5.41) is 0. The Balaban J connectivity index is 1.86. The minimum absolute atomic E-state index is 0.118. The zero-order chi connectivity index (χ0) is 15.1. The van der Waals surface area contributed by atoms with Crippen molar-refractivity contribution in [2.75, 3.05) is 32.9 Å². The van der Waals surface area contributed by atoms with Crippen molar-refractivity contribution < 1.29 is 14.3 Å². The second-order valence-electron chi connectivity index (χ2n) is 5.35. The van der Waals surface area contributed by atoms with Gasteiger partial charge in [0.05, 0.1) is 6.61 Å². The topological polar surface area (TPSA) is 38.8 Å². The van der Waals surface area contributed by atoms with Gasteiger partial charge in [-0.2, -0.15) is 0 Å². The monoisotopic (exact) mass is 291 g/mol. The average Bonchev–Trinajstić information content (AvgIpc) is 2.54. The second-order valence-corrected chi connectivity index (χ2v) is 5.35. The minimum Gasteiger partial charge on any atom is -0.494 e. The fourth-order valence-corrected chi connectivity index (χ4v) is 2.63. The van der Waals surface area contributed by atoms with E-state index in [1.54, 1.807) is 0 Å². The molecule has 2 rings (SSSR count). The summed E-state index contributed by atoms with van der Waals surface area (Å²) < 4.78 is 10.9. The van der Waals surface area contributed by atoms with Gasteiger partial charge in [0.2, 0.25) is 0 Å². The van der Waals surface area contributed by atoms with Crippen molar-refractivity contribution in [1.82, 2.24) is 4.90 Å². The molecule has 0 atom stereocenters. The van der Waals surface area contributed by atoms with Crippen LogP contribution in [0.2, 0.25) is 0 Å². The number of rotatable bonds is 6. The first kappa shape index (κ1) is 15.8. The van der Waals surface area contributed by atoms with E-state index in [1.165, 1.54) is 0 Å². The first-order valence-corrected chi connectivity index (χ1v) is 7.84. The molecular formula is C17H25NO3. The first-order valence-electron chi connectivity index (χ1n) is 7.84. The molecule has 0 spiro atoms. The molecule has 1 saturated heterocycles. The van der Waals surface area contributed by atoms with E-state index in [9.17, 15) is 4.79 Å². The Morgan fingerprint density at radius 3 is 2.38 bits per heavy atom. The number of piperidine rings is 1. The summed E-state index contributed by atoms with van der Waals surface area (Å²) >= 11 is 0.